The van der Waals surface area contributed by atoms with Crippen molar-refractivity contribution in [2.45, 2.75) is 65.2 Å². The zero-order valence-corrected chi connectivity index (χ0v) is 24.7. The Kier molecular flexibility index (Phi) is 9.70. The lowest BCUT2D eigenvalue weighted by Gasteiger charge is -2.31. The van der Waals surface area contributed by atoms with Crippen LogP contribution in [0.25, 0.3) is 0 Å². The zero-order chi connectivity index (χ0) is 29.3. The van der Waals surface area contributed by atoms with Crippen molar-refractivity contribution in [2.75, 3.05) is 16.8 Å². The van der Waals surface area contributed by atoms with E-state index in [4.69, 9.17) is 4.74 Å². The molecule has 42 heavy (non-hydrogen) atoms. The first kappa shape index (κ1) is 29.1. The van der Waals surface area contributed by atoms with E-state index < -0.39 is 0 Å². The summed E-state index contributed by atoms with van der Waals surface area (Å²) in [6, 6.07) is 29.2. The number of nitrogens with zero attached hydrogens (tertiary/aromatic N) is 1. The number of amides is 2. The molecule has 1 heterocycles. The van der Waals surface area contributed by atoms with Gasteiger partial charge in [0.1, 0.15) is 5.75 Å². The molecule has 0 saturated carbocycles. The number of para-hydroxylation sites is 1. The number of rotatable bonds is 11. The van der Waals surface area contributed by atoms with E-state index >= 15 is 0 Å². The molecular formula is C37H40N2O3. The lowest BCUT2D eigenvalue weighted by Crippen LogP contribution is -2.35. The third-order valence-corrected chi connectivity index (χ3v) is 7.82. The molecule has 1 N–H and O–H groups in total. The van der Waals surface area contributed by atoms with Gasteiger partial charge < -0.3 is 15.0 Å². The van der Waals surface area contributed by atoms with Crippen LogP contribution in [0.1, 0.15) is 83.4 Å². The van der Waals surface area contributed by atoms with Gasteiger partial charge in [-0.1, -0.05) is 63.1 Å². The number of carbonyl (C=O) groups excluding carboxylic acids is 2. The highest BCUT2D eigenvalue weighted by Crippen LogP contribution is 2.39. The van der Waals surface area contributed by atoms with E-state index in [9.17, 15) is 9.59 Å². The van der Waals surface area contributed by atoms with E-state index in [2.05, 4.69) is 37.4 Å². The fraction of sp³-hybridized carbons (Fsp3) is 0.297. The summed E-state index contributed by atoms with van der Waals surface area (Å²) in [4.78, 5) is 28.3. The highest BCUT2D eigenvalue weighted by molar-refractivity contribution is 6.07. The second-order valence-electron chi connectivity index (χ2n) is 11.0. The molecule has 2 amide bonds. The summed E-state index contributed by atoms with van der Waals surface area (Å²) in [5, 5.41) is 2.97. The van der Waals surface area contributed by atoms with Crippen LogP contribution in [0.15, 0.2) is 91.0 Å². The average Bonchev–Trinajstić information content (AvgIpc) is 3.03. The van der Waals surface area contributed by atoms with E-state index in [0.717, 1.165) is 62.6 Å². The molecular weight excluding hydrogens is 520 g/mol. The van der Waals surface area contributed by atoms with Gasteiger partial charge in [0.25, 0.3) is 11.8 Å². The van der Waals surface area contributed by atoms with Gasteiger partial charge in [-0.2, -0.15) is 0 Å². The Balaban J connectivity index is 1.28. The Morgan fingerprint density at radius 3 is 2.00 bits per heavy atom. The molecule has 5 nitrogen and oxygen atoms in total. The number of aryl methyl sites for hydroxylation is 3. The van der Waals surface area contributed by atoms with Crippen molar-refractivity contribution in [1.29, 1.82) is 0 Å². The maximum Gasteiger partial charge on any atom is 0.258 e. The maximum absolute atomic E-state index is 13.7. The topological polar surface area (TPSA) is 58.6 Å². The molecule has 0 saturated heterocycles. The molecule has 4 aromatic carbocycles. The van der Waals surface area contributed by atoms with E-state index in [0.29, 0.717) is 34.9 Å². The SMILES string of the molecule is CCCCc1ccc(C(=O)Nc2ccc(Oc3cccc4c3N(C(=O)c3ccc(CCCC)cc3)CCC4)cc2)cc1. The molecule has 0 unspecified atom stereocenters. The minimum absolute atomic E-state index is 0.00880. The van der Waals surface area contributed by atoms with Crippen LogP contribution < -0.4 is 15.0 Å². The minimum Gasteiger partial charge on any atom is -0.455 e. The van der Waals surface area contributed by atoms with Crippen LogP contribution in [-0.4, -0.2) is 18.4 Å². The van der Waals surface area contributed by atoms with Gasteiger partial charge in [0, 0.05) is 23.4 Å². The summed E-state index contributed by atoms with van der Waals surface area (Å²) >= 11 is 0. The minimum atomic E-state index is -0.143. The molecule has 0 aliphatic carbocycles. The molecule has 0 spiro atoms. The number of benzene rings is 4. The number of carbonyl (C=O) groups is 2. The summed E-state index contributed by atoms with van der Waals surface area (Å²) in [5.41, 5.74) is 6.46. The first-order valence-corrected chi connectivity index (χ1v) is 15.3. The van der Waals surface area contributed by atoms with Crippen LogP contribution >= 0.6 is 0 Å². The van der Waals surface area contributed by atoms with Crippen LogP contribution in [0.5, 0.6) is 11.5 Å². The van der Waals surface area contributed by atoms with Gasteiger partial charge >= 0.3 is 0 Å². The highest BCUT2D eigenvalue weighted by Gasteiger charge is 2.27. The molecule has 5 heteroatoms. The number of hydrogen-bond acceptors (Lipinski definition) is 3. The lowest BCUT2D eigenvalue weighted by atomic mass is 9.99. The first-order chi connectivity index (χ1) is 20.6. The molecule has 0 atom stereocenters. The van der Waals surface area contributed by atoms with E-state index in [1.807, 2.05) is 77.7 Å². The molecule has 0 aromatic heterocycles. The van der Waals surface area contributed by atoms with Gasteiger partial charge in [-0.15, -0.1) is 0 Å². The van der Waals surface area contributed by atoms with Gasteiger partial charge in [0.2, 0.25) is 0 Å². The van der Waals surface area contributed by atoms with Crippen LogP contribution in [0, 0.1) is 0 Å². The van der Waals surface area contributed by atoms with Crippen molar-refractivity contribution < 1.29 is 14.3 Å². The van der Waals surface area contributed by atoms with Crippen LogP contribution in [0.4, 0.5) is 11.4 Å². The highest BCUT2D eigenvalue weighted by atomic mass is 16.5. The predicted molar refractivity (Wildman–Crippen MR) is 171 cm³/mol. The van der Waals surface area contributed by atoms with E-state index in [1.165, 1.54) is 11.1 Å². The summed E-state index contributed by atoms with van der Waals surface area (Å²) in [7, 11) is 0. The number of hydrogen-bond donors (Lipinski definition) is 1. The second-order valence-corrected chi connectivity index (χ2v) is 11.0. The molecule has 0 radical (unpaired) electrons. The largest absolute Gasteiger partial charge is 0.455 e. The summed E-state index contributed by atoms with van der Waals surface area (Å²) in [6.45, 7) is 5.01. The van der Waals surface area contributed by atoms with Gasteiger partial charge in [0.15, 0.2) is 5.75 Å². The van der Waals surface area contributed by atoms with Crippen LogP contribution in [0.2, 0.25) is 0 Å². The number of fused-ring (bicyclic) bond motifs is 1. The van der Waals surface area contributed by atoms with Gasteiger partial charge in [-0.05, 0) is 110 Å². The number of unbranched alkanes of at least 4 members (excludes halogenated alkanes) is 2. The summed E-state index contributed by atoms with van der Waals surface area (Å²) in [6.07, 6.45) is 8.47. The van der Waals surface area contributed by atoms with Crippen molar-refractivity contribution in [2.24, 2.45) is 0 Å². The Labute approximate surface area is 249 Å². The van der Waals surface area contributed by atoms with E-state index in [-0.39, 0.29) is 11.8 Å². The molecule has 216 valence electrons. The zero-order valence-electron chi connectivity index (χ0n) is 24.7. The monoisotopic (exact) mass is 560 g/mol. The second kappa shape index (κ2) is 14.0. The Hall–Kier alpha value is -4.38. The fourth-order valence-corrected chi connectivity index (χ4v) is 5.39. The third-order valence-electron chi connectivity index (χ3n) is 7.82. The van der Waals surface area contributed by atoms with Gasteiger partial charge in [0.05, 0.1) is 5.69 Å². The fourth-order valence-electron chi connectivity index (χ4n) is 5.39. The lowest BCUT2D eigenvalue weighted by molar-refractivity contribution is 0.0983. The Bertz CT molecular complexity index is 1490. The normalized spacial score (nSPS) is 12.5. The number of ether oxygens (including phenoxy) is 1. The van der Waals surface area contributed by atoms with Crippen molar-refractivity contribution >= 4 is 23.2 Å². The molecule has 0 bridgehead atoms. The van der Waals surface area contributed by atoms with Crippen molar-refractivity contribution in [1.82, 2.24) is 0 Å². The Morgan fingerprint density at radius 1 is 0.762 bits per heavy atom. The third kappa shape index (κ3) is 7.09. The standard InChI is InChI=1S/C37H40N2O3/c1-3-5-9-27-14-18-30(19-15-27)36(40)38-32-22-24-33(25-23-32)42-34-13-7-11-29-12-8-26-39(35(29)34)37(41)31-20-16-28(17-21-31)10-6-4-2/h7,11,13-25H,3-6,8-10,12,26H2,1-2H3,(H,38,40). The molecule has 1 aliphatic rings. The smallest absolute Gasteiger partial charge is 0.258 e. The van der Waals surface area contributed by atoms with Crippen molar-refractivity contribution in [3.8, 4) is 11.5 Å². The van der Waals surface area contributed by atoms with E-state index in [1.54, 1.807) is 0 Å². The van der Waals surface area contributed by atoms with Gasteiger partial charge in [-0.3, -0.25) is 9.59 Å². The predicted octanol–water partition coefficient (Wildman–Crippen LogP) is 9.01. The van der Waals surface area contributed by atoms with Crippen LogP contribution in [-0.2, 0) is 19.3 Å². The average molecular weight is 561 g/mol. The first-order valence-electron chi connectivity index (χ1n) is 15.3. The molecule has 5 rings (SSSR count). The maximum atomic E-state index is 13.7. The quantitative estimate of drug-likeness (QED) is 0.199. The molecule has 1 aliphatic heterocycles. The number of anilines is 2. The summed E-state index contributed by atoms with van der Waals surface area (Å²) in [5.74, 6) is 1.14. The van der Waals surface area contributed by atoms with Gasteiger partial charge in [-0.25, -0.2) is 0 Å². The van der Waals surface area contributed by atoms with Crippen molar-refractivity contribution in [3.05, 3.63) is 119 Å². The van der Waals surface area contributed by atoms with Crippen LogP contribution in [0.3, 0.4) is 0 Å². The summed E-state index contributed by atoms with van der Waals surface area (Å²) < 4.78 is 6.34. The molecule has 0 fully saturated rings. The molecule has 4 aromatic rings. The Morgan fingerprint density at radius 2 is 1.38 bits per heavy atom. The van der Waals surface area contributed by atoms with Crippen molar-refractivity contribution in [3.63, 3.8) is 0 Å². The number of nitrogens with one attached hydrogen (secondary N) is 1.